The fourth-order valence-electron chi connectivity index (χ4n) is 5.19. The number of rotatable bonds is 2. The largest absolute Gasteiger partial charge is 0.481 e. The molecule has 20 heavy (non-hydrogen) atoms. The van der Waals surface area contributed by atoms with E-state index in [2.05, 4.69) is 6.92 Å². The molecular formula is C16H26O4. The van der Waals surface area contributed by atoms with Crippen LogP contribution in [0.1, 0.15) is 65.7 Å². The molecule has 1 aliphatic heterocycles. The molecule has 4 unspecified atom stereocenters. The zero-order valence-electron chi connectivity index (χ0n) is 12.7. The minimum absolute atomic E-state index is 0.168. The number of hydrogen-bond donors (Lipinski definition) is 2. The Labute approximate surface area is 120 Å². The van der Waals surface area contributed by atoms with Crippen LogP contribution in [0.3, 0.4) is 0 Å². The first-order chi connectivity index (χ1) is 9.21. The molecule has 2 saturated carbocycles. The lowest BCUT2D eigenvalue weighted by Gasteiger charge is -2.59. The molecule has 3 fully saturated rings. The summed E-state index contributed by atoms with van der Waals surface area (Å²) in [6.07, 6.45) is 6.45. The summed E-state index contributed by atoms with van der Waals surface area (Å²) in [5.74, 6) is -2.04. The molecule has 1 saturated heterocycles. The highest BCUT2D eigenvalue weighted by Gasteiger charge is 2.80. The van der Waals surface area contributed by atoms with Gasteiger partial charge in [0.15, 0.2) is 5.79 Å². The predicted molar refractivity (Wildman–Crippen MR) is 74.1 cm³/mol. The van der Waals surface area contributed by atoms with Crippen molar-refractivity contribution < 1.29 is 19.7 Å². The Bertz CT molecular complexity index is 442. The molecule has 4 heteroatoms. The SMILES string of the molecule is CC1(C2(C)C(C)(C(=O)O)CCC3OC32O)CCCCC1. The molecule has 0 aromatic heterocycles. The molecule has 0 spiro atoms. The number of hydrogen-bond acceptors (Lipinski definition) is 3. The maximum absolute atomic E-state index is 12.0. The van der Waals surface area contributed by atoms with E-state index in [1.165, 1.54) is 6.42 Å². The summed E-state index contributed by atoms with van der Waals surface area (Å²) < 4.78 is 5.64. The van der Waals surface area contributed by atoms with Gasteiger partial charge in [0, 0.05) is 5.41 Å². The van der Waals surface area contributed by atoms with E-state index in [0.29, 0.717) is 12.8 Å². The van der Waals surface area contributed by atoms with Crippen LogP contribution in [0.15, 0.2) is 0 Å². The maximum Gasteiger partial charge on any atom is 0.310 e. The van der Waals surface area contributed by atoms with Crippen LogP contribution in [0.5, 0.6) is 0 Å². The van der Waals surface area contributed by atoms with E-state index in [0.717, 1.165) is 25.7 Å². The van der Waals surface area contributed by atoms with Gasteiger partial charge in [0.2, 0.25) is 0 Å². The number of carboxylic acid groups (broad SMARTS) is 1. The molecule has 0 aromatic carbocycles. The first kappa shape index (κ1) is 14.3. The fraction of sp³-hybridized carbons (Fsp3) is 0.938. The van der Waals surface area contributed by atoms with Gasteiger partial charge >= 0.3 is 5.97 Å². The van der Waals surface area contributed by atoms with E-state index in [9.17, 15) is 15.0 Å². The average Bonchev–Trinajstić information content (AvgIpc) is 3.08. The van der Waals surface area contributed by atoms with Crippen molar-refractivity contribution in [3.8, 4) is 0 Å². The van der Waals surface area contributed by atoms with Crippen molar-refractivity contribution in [3.05, 3.63) is 0 Å². The van der Waals surface area contributed by atoms with Crippen LogP contribution in [0, 0.1) is 16.2 Å². The first-order valence-corrected chi connectivity index (χ1v) is 7.85. The molecule has 2 aliphatic carbocycles. The summed E-state index contributed by atoms with van der Waals surface area (Å²) in [6, 6.07) is 0. The summed E-state index contributed by atoms with van der Waals surface area (Å²) in [7, 11) is 0. The predicted octanol–water partition coefficient (Wildman–Crippen LogP) is 2.94. The topological polar surface area (TPSA) is 70.1 Å². The van der Waals surface area contributed by atoms with Crippen molar-refractivity contribution in [2.45, 2.75) is 77.6 Å². The van der Waals surface area contributed by atoms with Crippen molar-refractivity contribution in [3.63, 3.8) is 0 Å². The molecule has 114 valence electrons. The van der Waals surface area contributed by atoms with Crippen molar-refractivity contribution >= 4 is 5.97 Å². The Morgan fingerprint density at radius 2 is 1.70 bits per heavy atom. The number of aliphatic hydroxyl groups is 1. The molecule has 0 radical (unpaired) electrons. The van der Waals surface area contributed by atoms with E-state index in [1.807, 2.05) is 13.8 Å². The van der Waals surface area contributed by atoms with Crippen molar-refractivity contribution in [2.75, 3.05) is 0 Å². The zero-order valence-corrected chi connectivity index (χ0v) is 12.7. The lowest BCUT2D eigenvalue weighted by molar-refractivity contribution is -0.226. The van der Waals surface area contributed by atoms with Gasteiger partial charge in [-0.25, -0.2) is 0 Å². The molecule has 0 amide bonds. The van der Waals surface area contributed by atoms with Gasteiger partial charge in [-0.1, -0.05) is 33.1 Å². The van der Waals surface area contributed by atoms with Crippen LogP contribution in [-0.2, 0) is 9.53 Å². The van der Waals surface area contributed by atoms with Gasteiger partial charge in [-0.15, -0.1) is 0 Å². The van der Waals surface area contributed by atoms with Crippen molar-refractivity contribution in [1.29, 1.82) is 0 Å². The summed E-state index contributed by atoms with van der Waals surface area (Å²) in [4.78, 5) is 12.0. The monoisotopic (exact) mass is 282 g/mol. The van der Waals surface area contributed by atoms with Crippen molar-refractivity contribution in [1.82, 2.24) is 0 Å². The molecule has 3 rings (SSSR count). The smallest absolute Gasteiger partial charge is 0.310 e. The highest BCUT2D eigenvalue weighted by Crippen LogP contribution is 2.72. The number of fused-ring (bicyclic) bond motifs is 1. The second kappa shape index (κ2) is 3.98. The Kier molecular flexibility index (Phi) is 2.85. The molecule has 2 N–H and O–H groups in total. The number of carbonyl (C=O) groups is 1. The standard InChI is InChI=1S/C16H26O4/c1-13(8-5-4-6-9-13)15(3)14(2,12(17)18)10-7-11-16(15,19)20-11/h11,19H,4-10H2,1-3H3,(H,17,18). The number of ether oxygens (including phenoxy) is 1. The minimum Gasteiger partial charge on any atom is -0.481 e. The Hall–Kier alpha value is -0.610. The Balaban J connectivity index is 2.11. The summed E-state index contributed by atoms with van der Waals surface area (Å²) in [5, 5.41) is 20.8. The molecule has 0 bridgehead atoms. The van der Waals surface area contributed by atoms with Crippen LogP contribution in [-0.4, -0.2) is 28.1 Å². The van der Waals surface area contributed by atoms with E-state index >= 15 is 0 Å². The maximum atomic E-state index is 12.0. The third-order valence-corrected chi connectivity index (χ3v) is 7.06. The molecule has 0 aromatic rings. The molecule has 4 nitrogen and oxygen atoms in total. The van der Waals surface area contributed by atoms with E-state index in [4.69, 9.17) is 4.74 Å². The van der Waals surface area contributed by atoms with Crippen LogP contribution in [0.4, 0.5) is 0 Å². The minimum atomic E-state index is -1.25. The molecular weight excluding hydrogens is 256 g/mol. The third kappa shape index (κ3) is 1.42. The van der Waals surface area contributed by atoms with Crippen LogP contribution in [0.2, 0.25) is 0 Å². The average molecular weight is 282 g/mol. The van der Waals surface area contributed by atoms with E-state index in [1.54, 1.807) is 0 Å². The van der Waals surface area contributed by atoms with Crippen LogP contribution in [0.25, 0.3) is 0 Å². The second-order valence-corrected chi connectivity index (χ2v) is 7.73. The second-order valence-electron chi connectivity index (χ2n) is 7.73. The highest BCUT2D eigenvalue weighted by atomic mass is 16.7. The van der Waals surface area contributed by atoms with Gasteiger partial charge in [-0.3, -0.25) is 4.79 Å². The summed E-state index contributed by atoms with van der Waals surface area (Å²) >= 11 is 0. The Morgan fingerprint density at radius 1 is 1.10 bits per heavy atom. The molecule has 1 heterocycles. The lowest BCUT2D eigenvalue weighted by Crippen LogP contribution is -2.64. The van der Waals surface area contributed by atoms with Crippen LogP contribution < -0.4 is 0 Å². The fourth-order valence-corrected chi connectivity index (χ4v) is 5.19. The van der Waals surface area contributed by atoms with Gasteiger partial charge in [0.25, 0.3) is 0 Å². The quantitative estimate of drug-likeness (QED) is 0.764. The third-order valence-electron chi connectivity index (χ3n) is 7.06. The van der Waals surface area contributed by atoms with Gasteiger partial charge in [0.1, 0.15) is 6.10 Å². The zero-order chi connectivity index (χ0) is 14.8. The van der Waals surface area contributed by atoms with Crippen LogP contribution >= 0.6 is 0 Å². The normalized spacial score (nSPS) is 50.3. The van der Waals surface area contributed by atoms with Gasteiger partial charge in [0.05, 0.1) is 5.41 Å². The first-order valence-electron chi connectivity index (χ1n) is 7.85. The Morgan fingerprint density at radius 3 is 2.25 bits per heavy atom. The van der Waals surface area contributed by atoms with Crippen molar-refractivity contribution in [2.24, 2.45) is 16.2 Å². The van der Waals surface area contributed by atoms with Gasteiger partial charge in [-0.05, 0) is 38.0 Å². The highest BCUT2D eigenvalue weighted by molar-refractivity contribution is 5.76. The number of carboxylic acids is 1. The summed E-state index contributed by atoms with van der Waals surface area (Å²) in [5.41, 5.74) is -1.84. The lowest BCUT2D eigenvalue weighted by atomic mass is 9.43. The number of epoxide rings is 1. The van der Waals surface area contributed by atoms with E-state index in [-0.39, 0.29) is 11.5 Å². The van der Waals surface area contributed by atoms with E-state index < -0.39 is 22.6 Å². The summed E-state index contributed by atoms with van der Waals surface area (Å²) in [6.45, 7) is 5.94. The number of aliphatic carboxylic acids is 1. The molecule has 3 aliphatic rings. The van der Waals surface area contributed by atoms with Gasteiger partial charge < -0.3 is 14.9 Å². The molecule has 4 atom stereocenters. The van der Waals surface area contributed by atoms with Gasteiger partial charge in [-0.2, -0.15) is 0 Å².